The van der Waals surface area contributed by atoms with Crippen molar-refractivity contribution in [1.82, 2.24) is 0 Å². The Labute approximate surface area is 89.3 Å². The van der Waals surface area contributed by atoms with Crippen LogP contribution in [0.15, 0.2) is 11.4 Å². The van der Waals surface area contributed by atoms with E-state index in [1.54, 1.807) is 10.4 Å². The first-order valence-electron chi connectivity index (χ1n) is 5.65. The van der Waals surface area contributed by atoms with Crippen LogP contribution < -0.4 is 5.73 Å². The van der Waals surface area contributed by atoms with Gasteiger partial charge in [0, 0.05) is 16.3 Å². The van der Waals surface area contributed by atoms with E-state index in [4.69, 9.17) is 5.73 Å². The molecule has 1 heterocycles. The summed E-state index contributed by atoms with van der Waals surface area (Å²) in [6.45, 7) is 0. The van der Waals surface area contributed by atoms with Gasteiger partial charge in [-0.2, -0.15) is 0 Å². The van der Waals surface area contributed by atoms with Crippen LogP contribution in [0.1, 0.15) is 48.5 Å². The molecule has 1 saturated carbocycles. The summed E-state index contributed by atoms with van der Waals surface area (Å²) in [4.78, 5) is 1.62. The highest BCUT2D eigenvalue weighted by atomic mass is 32.1. The van der Waals surface area contributed by atoms with E-state index in [1.165, 1.54) is 38.5 Å². The average molecular weight is 207 g/mol. The molecule has 0 amide bonds. The summed E-state index contributed by atoms with van der Waals surface area (Å²) < 4.78 is 0. The zero-order valence-electron chi connectivity index (χ0n) is 8.46. The lowest BCUT2D eigenvalue weighted by atomic mass is 9.87. The van der Waals surface area contributed by atoms with Crippen molar-refractivity contribution in [3.63, 3.8) is 0 Å². The third-order valence-electron chi connectivity index (χ3n) is 3.82. The molecule has 0 aliphatic heterocycles. The van der Waals surface area contributed by atoms with Crippen molar-refractivity contribution in [2.45, 2.75) is 50.0 Å². The van der Waals surface area contributed by atoms with Crippen LogP contribution in [0.2, 0.25) is 0 Å². The molecule has 0 bridgehead atoms. The third kappa shape index (κ3) is 1.32. The quantitative estimate of drug-likeness (QED) is 0.704. The molecule has 3 rings (SSSR count). The Balaban J connectivity index is 1.98. The molecule has 2 N–H and O–H groups in total. The molecule has 0 saturated heterocycles. The second-order valence-corrected chi connectivity index (χ2v) is 5.83. The average Bonchev–Trinajstić information content (AvgIpc) is 2.82. The number of rotatable bonds is 1. The Morgan fingerprint density at radius 3 is 3.00 bits per heavy atom. The highest BCUT2D eigenvalue weighted by Crippen LogP contribution is 2.50. The number of fused-ring (bicyclic) bond motifs is 1. The van der Waals surface area contributed by atoms with Crippen LogP contribution in [0.4, 0.5) is 0 Å². The van der Waals surface area contributed by atoms with Gasteiger partial charge in [-0.25, -0.2) is 0 Å². The Hall–Kier alpha value is -0.340. The van der Waals surface area contributed by atoms with Crippen molar-refractivity contribution in [1.29, 1.82) is 0 Å². The molecule has 0 spiro atoms. The summed E-state index contributed by atoms with van der Waals surface area (Å²) in [6, 6.07) is 2.32. The fourth-order valence-electron chi connectivity index (χ4n) is 2.74. The Morgan fingerprint density at radius 2 is 2.21 bits per heavy atom. The third-order valence-corrected chi connectivity index (χ3v) is 4.82. The predicted octanol–water partition coefficient (Wildman–Crippen LogP) is 3.05. The maximum atomic E-state index is 6.37. The normalized spacial score (nSPS) is 29.4. The zero-order chi connectivity index (χ0) is 9.60. The van der Waals surface area contributed by atoms with Crippen molar-refractivity contribution in [3.05, 3.63) is 21.9 Å². The van der Waals surface area contributed by atoms with Gasteiger partial charge in [-0.1, -0.05) is 6.42 Å². The number of nitrogens with two attached hydrogens (primary N) is 1. The van der Waals surface area contributed by atoms with Gasteiger partial charge in [-0.15, -0.1) is 11.3 Å². The van der Waals surface area contributed by atoms with Crippen LogP contribution in [0, 0.1) is 0 Å². The zero-order valence-corrected chi connectivity index (χ0v) is 9.28. The predicted molar refractivity (Wildman–Crippen MR) is 60.8 cm³/mol. The first kappa shape index (κ1) is 8.93. The van der Waals surface area contributed by atoms with Crippen LogP contribution in [0.5, 0.6) is 0 Å². The maximum Gasteiger partial charge on any atom is 0.0225 e. The van der Waals surface area contributed by atoms with Crippen LogP contribution >= 0.6 is 11.3 Å². The lowest BCUT2D eigenvalue weighted by Gasteiger charge is -2.22. The molecule has 1 atom stereocenters. The van der Waals surface area contributed by atoms with E-state index in [1.807, 2.05) is 11.3 Å². The Bertz CT molecular complexity index is 338. The molecule has 76 valence electrons. The topological polar surface area (TPSA) is 26.0 Å². The van der Waals surface area contributed by atoms with Gasteiger partial charge in [0.05, 0.1) is 0 Å². The van der Waals surface area contributed by atoms with Gasteiger partial charge in [0.25, 0.3) is 0 Å². The summed E-state index contributed by atoms with van der Waals surface area (Å²) in [5.74, 6) is 0.672. The highest BCUT2D eigenvalue weighted by molar-refractivity contribution is 7.10. The van der Waals surface area contributed by atoms with Crippen molar-refractivity contribution in [3.8, 4) is 0 Å². The molecule has 0 aromatic carbocycles. The van der Waals surface area contributed by atoms with E-state index < -0.39 is 0 Å². The van der Waals surface area contributed by atoms with Gasteiger partial charge < -0.3 is 5.73 Å². The second-order valence-electron chi connectivity index (χ2n) is 4.83. The molecular weight excluding hydrogens is 190 g/mol. The highest BCUT2D eigenvalue weighted by Gasteiger charge is 2.46. The molecular formula is C12H17NS. The van der Waals surface area contributed by atoms with Gasteiger partial charge in [0.1, 0.15) is 0 Å². The van der Waals surface area contributed by atoms with Crippen molar-refractivity contribution < 1.29 is 0 Å². The molecule has 2 aliphatic carbocycles. The monoisotopic (exact) mass is 207 g/mol. The van der Waals surface area contributed by atoms with Crippen LogP contribution in [-0.2, 0) is 6.42 Å². The van der Waals surface area contributed by atoms with E-state index in [0.717, 1.165) is 0 Å². The van der Waals surface area contributed by atoms with Gasteiger partial charge in [0.2, 0.25) is 0 Å². The smallest absolute Gasteiger partial charge is 0.0225 e. The number of thiophene rings is 1. The van der Waals surface area contributed by atoms with Gasteiger partial charge in [-0.05, 0) is 49.1 Å². The Kier molecular flexibility index (Phi) is 1.96. The fourth-order valence-corrected chi connectivity index (χ4v) is 3.73. The standard InChI is InChI=1S/C12H17NS/c13-12(6-7-12)10-3-1-2-4-11-9(10)5-8-14-11/h5,8,10H,1-4,6-7,13H2. The van der Waals surface area contributed by atoms with Crippen LogP contribution in [-0.4, -0.2) is 5.54 Å². The first-order valence-corrected chi connectivity index (χ1v) is 6.53. The molecule has 14 heavy (non-hydrogen) atoms. The van der Waals surface area contributed by atoms with E-state index >= 15 is 0 Å². The minimum Gasteiger partial charge on any atom is -0.325 e. The summed E-state index contributed by atoms with van der Waals surface area (Å²) in [5, 5.41) is 2.24. The van der Waals surface area contributed by atoms with Crippen molar-refractivity contribution >= 4 is 11.3 Å². The largest absolute Gasteiger partial charge is 0.325 e. The maximum absolute atomic E-state index is 6.37. The lowest BCUT2D eigenvalue weighted by Crippen LogP contribution is -2.30. The van der Waals surface area contributed by atoms with Crippen LogP contribution in [0.3, 0.4) is 0 Å². The summed E-state index contributed by atoms with van der Waals surface area (Å²) in [6.07, 6.45) is 7.82. The van der Waals surface area contributed by atoms with Crippen molar-refractivity contribution in [2.75, 3.05) is 0 Å². The Morgan fingerprint density at radius 1 is 1.36 bits per heavy atom. The molecule has 1 nitrogen and oxygen atoms in total. The van der Waals surface area contributed by atoms with Gasteiger partial charge >= 0.3 is 0 Å². The minimum atomic E-state index is 0.181. The van der Waals surface area contributed by atoms with Gasteiger partial charge in [0.15, 0.2) is 0 Å². The number of aryl methyl sites for hydroxylation is 1. The molecule has 1 unspecified atom stereocenters. The molecule has 2 aliphatic rings. The molecule has 0 radical (unpaired) electrons. The summed E-state index contributed by atoms with van der Waals surface area (Å²) in [5.41, 5.74) is 8.14. The second kappa shape index (κ2) is 3.07. The number of hydrogen-bond donors (Lipinski definition) is 1. The first-order chi connectivity index (χ1) is 6.80. The van der Waals surface area contributed by atoms with Crippen molar-refractivity contribution in [2.24, 2.45) is 5.73 Å². The van der Waals surface area contributed by atoms with E-state index in [9.17, 15) is 0 Å². The molecule has 1 aromatic rings. The van der Waals surface area contributed by atoms with E-state index in [2.05, 4.69) is 11.4 Å². The molecule has 1 fully saturated rings. The minimum absolute atomic E-state index is 0.181. The van der Waals surface area contributed by atoms with Gasteiger partial charge in [-0.3, -0.25) is 0 Å². The van der Waals surface area contributed by atoms with Crippen LogP contribution in [0.25, 0.3) is 0 Å². The lowest BCUT2D eigenvalue weighted by molar-refractivity contribution is 0.478. The van der Waals surface area contributed by atoms with E-state index in [-0.39, 0.29) is 5.54 Å². The van der Waals surface area contributed by atoms with E-state index in [0.29, 0.717) is 5.92 Å². The summed E-state index contributed by atoms with van der Waals surface area (Å²) >= 11 is 1.93. The SMILES string of the molecule is NC1(C2CCCCc3sccc32)CC1. The summed E-state index contributed by atoms with van der Waals surface area (Å²) in [7, 11) is 0. The molecule has 2 heteroatoms. The number of hydrogen-bond acceptors (Lipinski definition) is 2. The molecule has 1 aromatic heterocycles. The fraction of sp³-hybridized carbons (Fsp3) is 0.667.